The molecule has 1 heterocycles. The Morgan fingerprint density at radius 1 is 1.24 bits per heavy atom. The van der Waals surface area contributed by atoms with Crippen LogP contribution in [0.2, 0.25) is 0 Å². The predicted octanol–water partition coefficient (Wildman–Crippen LogP) is 1.68. The van der Waals surface area contributed by atoms with Gasteiger partial charge in [0.2, 0.25) is 0 Å². The number of carboxylic acid groups (broad SMARTS) is 1. The summed E-state index contributed by atoms with van der Waals surface area (Å²) in [5.41, 5.74) is -1.30. The molecular formula is C15H13BrFNO7. The highest BCUT2D eigenvalue weighted by Crippen LogP contribution is 2.33. The van der Waals surface area contributed by atoms with Crippen LogP contribution in [-0.2, 0) is 23.8 Å². The molecule has 2 rings (SSSR count). The molecular weight excluding hydrogens is 405 g/mol. The normalized spacial score (nSPS) is 14.3. The van der Waals surface area contributed by atoms with Crippen LogP contribution >= 0.6 is 15.9 Å². The SMILES string of the molecule is COC(=O)C1=C(C(=O)OC)N(c2ccc(Br)c(F)c2C(=O)O)COC1. The number of anilines is 1. The number of methoxy groups -OCH3 is 2. The standard InChI is InChI=1S/C15H13BrFNO7/c1-23-14(21)7-5-25-6-18(12(7)15(22)24-2)9-4-3-8(16)11(17)10(9)13(19)20/h3-4H,5-6H2,1-2H3,(H,19,20). The maximum absolute atomic E-state index is 14.3. The quantitative estimate of drug-likeness (QED) is 0.738. The molecule has 0 radical (unpaired) electrons. The van der Waals surface area contributed by atoms with Crippen molar-refractivity contribution in [3.8, 4) is 0 Å². The number of ether oxygens (including phenoxy) is 3. The molecule has 0 aromatic heterocycles. The molecule has 0 spiro atoms. The van der Waals surface area contributed by atoms with Crippen LogP contribution < -0.4 is 4.90 Å². The zero-order chi connectivity index (χ0) is 18.7. The number of nitrogens with zero attached hydrogens (tertiary/aromatic N) is 1. The molecule has 0 saturated carbocycles. The van der Waals surface area contributed by atoms with E-state index >= 15 is 0 Å². The molecule has 10 heteroatoms. The van der Waals surface area contributed by atoms with E-state index in [1.54, 1.807) is 0 Å². The number of carboxylic acids is 1. The highest BCUT2D eigenvalue weighted by molar-refractivity contribution is 9.10. The zero-order valence-electron chi connectivity index (χ0n) is 13.2. The number of rotatable bonds is 4. The second-order valence-electron chi connectivity index (χ2n) is 4.78. The molecule has 0 saturated heterocycles. The number of hydrogen-bond acceptors (Lipinski definition) is 7. The lowest BCUT2D eigenvalue weighted by Crippen LogP contribution is -2.39. The lowest BCUT2D eigenvalue weighted by atomic mass is 10.1. The van der Waals surface area contributed by atoms with Crippen molar-refractivity contribution in [2.45, 2.75) is 0 Å². The maximum atomic E-state index is 14.3. The Morgan fingerprint density at radius 2 is 1.88 bits per heavy atom. The van der Waals surface area contributed by atoms with Crippen molar-refractivity contribution < 1.29 is 38.1 Å². The molecule has 0 atom stereocenters. The molecule has 1 aromatic rings. The first-order chi connectivity index (χ1) is 11.8. The molecule has 134 valence electrons. The number of esters is 2. The van der Waals surface area contributed by atoms with Gasteiger partial charge in [0.15, 0.2) is 5.82 Å². The third kappa shape index (κ3) is 3.49. The van der Waals surface area contributed by atoms with Gasteiger partial charge in [-0.15, -0.1) is 0 Å². The van der Waals surface area contributed by atoms with Gasteiger partial charge in [0.1, 0.15) is 18.0 Å². The van der Waals surface area contributed by atoms with Crippen LogP contribution in [-0.4, -0.2) is 50.6 Å². The number of benzene rings is 1. The molecule has 0 unspecified atom stereocenters. The van der Waals surface area contributed by atoms with Crippen molar-refractivity contribution in [3.63, 3.8) is 0 Å². The summed E-state index contributed by atoms with van der Waals surface area (Å²) in [5, 5.41) is 9.35. The molecule has 25 heavy (non-hydrogen) atoms. The zero-order valence-corrected chi connectivity index (χ0v) is 14.8. The largest absolute Gasteiger partial charge is 0.478 e. The molecule has 8 nitrogen and oxygen atoms in total. The van der Waals surface area contributed by atoms with E-state index in [4.69, 9.17) is 4.74 Å². The van der Waals surface area contributed by atoms with Crippen LogP contribution in [0.25, 0.3) is 0 Å². The molecule has 0 bridgehead atoms. The van der Waals surface area contributed by atoms with Crippen LogP contribution in [0.15, 0.2) is 27.9 Å². The Morgan fingerprint density at radius 3 is 2.44 bits per heavy atom. The number of halogens is 2. The van der Waals surface area contributed by atoms with Crippen molar-refractivity contribution in [3.05, 3.63) is 39.3 Å². The Balaban J connectivity index is 2.72. The maximum Gasteiger partial charge on any atom is 0.355 e. The first-order valence-electron chi connectivity index (χ1n) is 6.79. The van der Waals surface area contributed by atoms with Crippen LogP contribution in [0.1, 0.15) is 10.4 Å². The van der Waals surface area contributed by atoms with E-state index < -0.39 is 29.3 Å². The van der Waals surface area contributed by atoms with E-state index in [0.717, 1.165) is 19.1 Å². The number of hydrogen-bond donors (Lipinski definition) is 1. The van der Waals surface area contributed by atoms with Crippen molar-refractivity contribution in [2.24, 2.45) is 0 Å². The van der Waals surface area contributed by atoms with Gasteiger partial charge in [-0.3, -0.25) is 0 Å². The van der Waals surface area contributed by atoms with Gasteiger partial charge in [0.25, 0.3) is 0 Å². The fourth-order valence-electron chi connectivity index (χ4n) is 2.30. The summed E-state index contributed by atoms with van der Waals surface area (Å²) >= 11 is 2.91. The van der Waals surface area contributed by atoms with Gasteiger partial charge in [-0.05, 0) is 28.1 Å². The monoisotopic (exact) mass is 417 g/mol. The second-order valence-corrected chi connectivity index (χ2v) is 5.63. The minimum Gasteiger partial charge on any atom is -0.478 e. The van der Waals surface area contributed by atoms with Gasteiger partial charge in [-0.2, -0.15) is 0 Å². The summed E-state index contributed by atoms with van der Waals surface area (Å²) in [5.74, 6) is -4.34. The van der Waals surface area contributed by atoms with E-state index in [9.17, 15) is 23.9 Å². The van der Waals surface area contributed by atoms with Crippen molar-refractivity contribution in [1.29, 1.82) is 0 Å². The highest BCUT2D eigenvalue weighted by atomic mass is 79.9. The lowest BCUT2D eigenvalue weighted by molar-refractivity contribution is -0.140. The van der Waals surface area contributed by atoms with Gasteiger partial charge >= 0.3 is 17.9 Å². The summed E-state index contributed by atoms with van der Waals surface area (Å²) in [6.45, 7) is -0.526. The van der Waals surface area contributed by atoms with Crippen molar-refractivity contribution in [1.82, 2.24) is 0 Å². The van der Waals surface area contributed by atoms with Crippen LogP contribution in [0, 0.1) is 5.82 Å². The van der Waals surface area contributed by atoms with Gasteiger partial charge < -0.3 is 24.2 Å². The van der Waals surface area contributed by atoms with Crippen LogP contribution in [0.5, 0.6) is 0 Å². The molecule has 1 aliphatic rings. The topological polar surface area (TPSA) is 102 Å². The third-order valence-corrected chi connectivity index (χ3v) is 4.02. The highest BCUT2D eigenvalue weighted by Gasteiger charge is 2.35. The number of carbonyl (C=O) groups excluding carboxylic acids is 2. The molecule has 1 aliphatic heterocycles. The van der Waals surface area contributed by atoms with E-state index in [1.165, 1.54) is 12.1 Å². The third-order valence-electron chi connectivity index (χ3n) is 3.41. The van der Waals surface area contributed by atoms with Gasteiger partial charge in [-0.1, -0.05) is 0 Å². The molecule has 0 fully saturated rings. The summed E-state index contributed by atoms with van der Waals surface area (Å²) in [4.78, 5) is 36.7. The number of aromatic carboxylic acids is 1. The van der Waals surface area contributed by atoms with E-state index in [2.05, 4.69) is 25.4 Å². The summed E-state index contributed by atoms with van der Waals surface area (Å²) in [6, 6.07) is 2.56. The molecule has 1 aromatic carbocycles. The number of carbonyl (C=O) groups is 3. The average molecular weight is 418 g/mol. The Hall–Kier alpha value is -2.46. The van der Waals surface area contributed by atoms with E-state index in [0.29, 0.717) is 0 Å². The lowest BCUT2D eigenvalue weighted by Gasteiger charge is -2.32. The smallest absolute Gasteiger partial charge is 0.355 e. The van der Waals surface area contributed by atoms with Crippen molar-refractivity contribution in [2.75, 3.05) is 32.5 Å². The molecule has 0 aliphatic carbocycles. The predicted molar refractivity (Wildman–Crippen MR) is 85.4 cm³/mol. The van der Waals surface area contributed by atoms with Gasteiger partial charge in [0, 0.05) is 0 Å². The summed E-state index contributed by atoms with van der Waals surface area (Å²) in [6.07, 6.45) is 0. The van der Waals surface area contributed by atoms with E-state index in [1.807, 2.05) is 0 Å². The van der Waals surface area contributed by atoms with Crippen molar-refractivity contribution >= 4 is 39.5 Å². The fraction of sp³-hybridized carbons (Fsp3) is 0.267. The van der Waals surface area contributed by atoms with Gasteiger partial charge in [-0.25, -0.2) is 18.8 Å². The summed E-state index contributed by atoms with van der Waals surface area (Å²) in [7, 11) is 2.21. The average Bonchev–Trinajstić information content (AvgIpc) is 2.61. The minimum absolute atomic E-state index is 0.0663. The van der Waals surface area contributed by atoms with Crippen LogP contribution in [0.3, 0.4) is 0 Å². The Labute approximate surface area is 149 Å². The Kier molecular flexibility index (Phi) is 5.75. The minimum atomic E-state index is -1.55. The second kappa shape index (κ2) is 7.62. The first-order valence-corrected chi connectivity index (χ1v) is 7.59. The molecule has 1 N–H and O–H groups in total. The van der Waals surface area contributed by atoms with E-state index in [-0.39, 0.29) is 34.8 Å². The first kappa shape index (κ1) is 18.9. The fourth-order valence-corrected chi connectivity index (χ4v) is 2.63. The van der Waals surface area contributed by atoms with Crippen LogP contribution in [0.4, 0.5) is 10.1 Å². The summed E-state index contributed by atoms with van der Waals surface area (Å²) < 4.78 is 28.7. The Bertz CT molecular complexity index is 777. The van der Waals surface area contributed by atoms with Gasteiger partial charge in [0.05, 0.1) is 36.6 Å². The molecule has 0 amide bonds.